The van der Waals surface area contributed by atoms with Crippen LogP contribution in [0.15, 0.2) is 5.03 Å². The number of carbonyl (C=O) groups excluding carboxylic acids is 1. The van der Waals surface area contributed by atoms with E-state index < -0.39 is 0 Å². The Kier molecular flexibility index (Phi) is 4.80. The standard InChI is InChI=1S/C17H23N3O2S/c1-3-22-17(21)15-14-12(16(20-15)23-2)13(18)10-8-6-4-5-7-9-11(10)19-14/h20H,3-9,18H2,1-2H3. The fraction of sp³-hybridized carbons (Fsp3) is 0.529. The van der Waals surface area contributed by atoms with Gasteiger partial charge < -0.3 is 15.5 Å². The minimum atomic E-state index is -0.365. The number of nitrogen functional groups attached to an aromatic ring is 1. The van der Waals surface area contributed by atoms with Gasteiger partial charge in [-0.25, -0.2) is 9.78 Å². The van der Waals surface area contributed by atoms with Crippen LogP contribution >= 0.6 is 11.8 Å². The van der Waals surface area contributed by atoms with Crippen molar-refractivity contribution in [1.82, 2.24) is 9.97 Å². The molecule has 3 rings (SSSR count). The summed E-state index contributed by atoms with van der Waals surface area (Å²) < 4.78 is 5.16. The molecule has 3 N–H and O–H groups in total. The molecule has 0 unspecified atom stereocenters. The molecule has 5 nitrogen and oxygen atoms in total. The molecule has 1 aliphatic carbocycles. The number of nitrogens with one attached hydrogen (secondary N) is 1. The van der Waals surface area contributed by atoms with Gasteiger partial charge in [-0.2, -0.15) is 0 Å². The number of aryl methyl sites for hydroxylation is 1. The molecule has 6 heteroatoms. The molecule has 2 aromatic heterocycles. The summed E-state index contributed by atoms with van der Waals surface area (Å²) in [6.07, 6.45) is 8.61. The van der Waals surface area contributed by atoms with Crippen LogP contribution in [0.25, 0.3) is 10.9 Å². The maximum Gasteiger partial charge on any atom is 0.357 e. The topological polar surface area (TPSA) is 81.0 Å². The maximum absolute atomic E-state index is 12.2. The van der Waals surface area contributed by atoms with Crippen LogP contribution in [0, 0.1) is 0 Å². The van der Waals surface area contributed by atoms with E-state index in [1.807, 2.05) is 6.26 Å². The van der Waals surface area contributed by atoms with Gasteiger partial charge in [0.15, 0.2) is 5.69 Å². The van der Waals surface area contributed by atoms with Crippen molar-refractivity contribution in [3.63, 3.8) is 0 Å². The molecule has 0 saturated heterocycles. The number of carbonyl (C=O) groups is 1. The fourth-order valence-electron chi connectivity index (χ4n) is 3.28. The molecular formula is C17H23N3O2S. The second kappa shape index (κ2) is 6.83. The lowest BCUT2D eigenvalue weighted by molar-refractivity contribution is 0.0522. The normalized spacial score (nSPS) is 15.0. The number of esters is 1. The third-order valence-electron chi connectivity index (χ3n) is 4.40. The lowest BCUT2D eigenvalue weighted by Gasteiger charge is -2.16. The van der Waals surface area contributed by atoms with Crippen molar-refractivity contribution >= 4 is 34.3 Å². The van der Waals surface area contributed by atoms with Crippen molar-refractivity contribution in [3.8, 4) is 0 Å². The molecule has 2 heterocycles. The second-order valence-electron chi connectivity index (χ2n) is 5.84. The highest BCUT2D eigenvalue weighted by Gasteiger charge is 2.24. The summed E-state index contributed by atoms with van der Waals surface area (Å²) in [7, 11) is 0. The fourth-order valence-corrected chi connectivity index (χ4v) is 3.89. The van der Waals surface area contributed by atoms with Crippen molar-refractivity contribution in [2.24, 2.45) is 0 Å². The van der Waals surface area contributed by atoms with E-state index in [0.29, 0.717) is 17.8 Å². The molecular weight excluding hydrogens is 310 g/mol. The highest BCUT2D eigenvalue weighted by Crippen LogP contribution is 2.37. The number of H-pyrrole nitrogens is 1. The number of nitrogens with zero attached hydrogens (tertiary/aromatic N) is 1. The number of hydrogen-bond acceptors (Lipinski definition) is 5. The summed E-state index contributed by atoms with van der Waals surface area (Å²) in [5.74, 6) is -0.365. The van der Waals surface area contributed by atoms with Gasteiger partial charge in [-0.05, 0) is 44.4 Å². The third-order valence-corrected chi connectivity index (χ3v) is 5.12. The van der Waals surface area contributed by atoms with Crippen LogP contribution < -0.4 is 5.73 Å². The lowest BCUT2D eigenvalue weighted by atomic mass is 9.95. The molecule has 2 aromatic rings. The first-order valence-corrected chi connectivity index (χ1v) is 9.43. The van der Waals surface area contributed by atoms with E-state index in [4.69, 9.17) is 15.5 Å². The largest absolute Gasteiger partial charge is 0.461 e. The zero-order valence-corrected chi connectivity index (χ0v) is 14.5. The van der Waals surface area contributed by atoms with Gasteiger partial charge in [0.1, 0.15) is 5.52 Å². The predicted octanol–water partition coefficient (Wildman–Crippen LogP) is 3.70. The van der Waals surface area contributed by atoms with Gasteiger partial charge in [-0.1, -0.05) is 12.8 Å². The summed E-state index contributed by atoms with van der Waals surface area (Å²) in [6, 6.07) is 0. The van der Waals surface area contributed by atoms with Gasteiger partial charge in [0.05, 0.1) is 17.0 Å². The number of anilines is 1. The van der Waals surface area contributed by atoms with Crippen molar-refractivity contribution < 1.29 is 9.53 Å². The van der Waals surface area contributed by atoms with E-state index >= 15 is 0 Å². The molecule has 0 amide bonds. The van der Waals surface area contributed by atoms with Crippen molar-refractivity contribution in [1.29, 1.82) is 0 Å². The molecule has 0 atom stereocenters. The lowest BCUT2D eigenvalue weighted by Crippen LogP contribution is -2.09. The van der Waals surface area contributed by atoms with Crippen LogP contribution in [0.5, 0.6) is 0 Å². The Labute approximate surface area is 140 Å². The van der Waals surface area contributed by atoms with Gasteiger partial charge in [0, 0.05) is 11.4 Å². The maximum atomic E-state index is 12.2. The molecule has 0 aromatic carbocycles. The Bertz CT molecular complexity index is 739. The number of aromatic amines is 1. The Hall–Kier alpha value is -1.69. The van der Waals surface area contributed by atoms with E-state index in [1.54, 1.807) is 18.7 Å². The SMILES string of the molecule is CCOC(=O)c1[nH]c(SC)c2c(N)c3c(nc12)CCCCCC3. The third kappa shape index (κ3) is 2.92. The van der Waals surface area contributed by atoms with Gasteiger partial charge in [-0.3, -0.25) is 0 Å². The predicted molar refractivity (Wildman–Crippen MR) is 94.1 cm³/mol. The molecule has 124 valence electrons. The molecule has 0 aliphatic heterocycles. The highest BCUT2D eigenvalue weighted by molar-refractivity contribution is 7.98. The molecule has 1 aliphatic rings. The minimum Gasteiger partial charge on any atom is -0.461 e. The number of ether oxygens (including phenoxy) is 1. The Balaban J connectivity index is 2.22. The number of thioether (sulfide) groups is 1. The monoisotopic (exact) mass is 333 g/mol. The molecule has 23 heavy (non-hydrogen) atoms. The Morgan fingerprint density at radius 1 is 1.30 bits per heavy atom. The number of nitrogens with two attached hydrogens (primary N) is 1. The van der Waals surface area contributed by atoms with Gasteiger partial charge in [-0.15, -0.1) is 11.8 Å². The molecule has 0 spiro atoms. The number of fused-ring (bicyclic) bond motifs is 2. The van der Waals surface area contributed by atoms with Crippen molar-refractivity contribution in [2.45, 2.75) is 50.5 Å². The Morgan fingerprint density at radius 2 is 2.04 bits per heavy atom. The van der Waals surface area contributed by atoms with Crippen molar-refractivity contribution in [2.75, 3.05) is 18.6 Å². The molecule has 0 radical (unpaired) electrons. The average molecular weight is 333 g/mol. The summed E-state index contributed by atoms with van der Waals surface area (Å²) in [5.41, 5.74) is 10.6. The van der Waals surface area contributed by atoms with E-state index in [9.17, 15) is 4.79 Å². The Morgan fingerprint density at radius 3 is 2.74 bits per heavy atom. The summed E-state index contributed by atoms with van der Waals surface area (Å²) >= 11 is 1.55. The van der Waals surface area contributed by atoms with Gasteiger partial charge >= 0.3 is 5.97 Å². The van der Waals surface area contributed by atoms with E-state index in [2.05, 4.69) is 4.98 Å². The van der Waals surface area contributed by atoms with Crippen LogP contribution in [0.4, 0.5) is 5.69 Å². The summed E-state index contributed by atoms with van der Waals surface area (Å²) in [4.78, 5) is 20.2. The van der Waals surface area contributed by atoms with Crippen LogP contribution in [-0.2, 0) is 17.6 Å². The van der Waals surface area contributed by atoms with Gasteiger partial charge in [0.2, 0.25) is 0 Å². The van der Waals surface area contributed by atoms with Gasteiger partial charge in [0.25, 0.3) is 0 Å². The smallest absolute Gasteiger partial charge is 0.357 e. The average Bonchev–Trinajstić information content (AvgIpc) is 2.88. The molecule has 0 saturated carbocycles. The van der Waals surface area contributed by atoms with Crippen LogP contribution in [-0.4, -0.2) is 28.8 Å². The van der Waals surface area contributed by atoms with E-state index in [-0.39, 0.29) is 5.97 Å². The first-order valence-electron chi connectivity index (χ1n) is 8.21. The van der Waals surface area contributed by atoms with Crippen molar-refractivity contribution in [3.05, 3.63) is 17.0 Å². The first-order chi connectivity index (χ1) is 11.2. The second-order valence-corrected chi connectivity index (χ2v) is 6.66. The zero-order chi connectivity index (χ0) is 16.4. The number of pyridine rings is 1. The molecule has 0 bridgehead atoms. The first kappa shape index (κ1) is 16.2. The minimum absolute atomic E-state index is 0.342. The van der Waals surface area contributed by atoms with Crippen LogP contribution in [0.3, 0.4) is 0 Å². The summed E-state index contributed by atoms with van der Waals surface area (Å²) in [5, 5.41) is 1.76. The van der Waals surface area contributed by atoms with E-state index in [0.717, 1.165) is 47.5 Å². The number of hydrogen-bond donors (Lipinski definition) is 2. The number of aromatic nitrogens is 2. The molecule has 0 fully saturated rings. The van der Waals surface area contributed by atoms with Crippen LogP contribution in [0.1, 0.15) is 54.4 Å². The quantitative estimate of drug-likeness (QED) is 0.661. The van der Waals surface area contributed by atoms with Crippen LogP contribution in [0.2, 0.25) is 0 Å². The summed E-state index contributed by atoms with van der Waals surface area (Å²) in [6.45, 7) is 2.14. The highest BCUT2D eigenvalue weighted by atomic mass is 32.2. The number of rotatable bonds is 3. The zero-order valence-electron chi connectivity index (χ0n) is 13.7. The van der Waals surface area contributed by atoms with E-state index in [1.165, 1.54) is 18.4 Å².